The molecular weight excluding hydrogens is 200 g/mol. The Balaban J connectivity index is 2.21. The molecule has 0 spiro atoms. The third-order valence-corrected chi connectivity index (χ3v) is 2.77. The summed E-state index contributed by atoms with van der Waals surface area (Å²) >= 11 is 0. The van der Waals surface area contributed by atoms with Gasteiger partial charge in [0.05, 0.1) is 0 Å². The van der Waals surface area contributed by atoms with Crippen LogP contribution >= 0.6 is 0 Å². The molecule has 0 saturated heterocycles. The first kappa shape index (κ1) is 13.3. The zero-order valence-corrected chi connectivity index (χ0v) is 10.4. The molecule has 1 heterocycles. The molecule has 0 fully saturated rings. The van der Waals surface area contributed by atoms with E-state index >= 15 is 0 Å². The van der Waals surface area contributed by atoms with Crippen LogP contribution in [0.3, 0.4) is 0 Å². The first-order valence-corrected chi connectivity index (χ1v) is 6.15. The summed E-state index contributed by atoms with van der Waals surface area (Å²) in [7, 11) is 0. The summed E-state index contributed by atoms with van der Waals surface area (Å²) in [5.74, 6) is 1.29. The Kier molecular flexibility index (Phi) is 6.19. The molecule has 92 valence electrons. The standard InChI is InChI=1S/C13H24N2O/c1-11(2)7-12(4-6-16)8-15-10-13-3-5-14-9-13/h3,5,9,11-12,14-16H,4,6-8,10H2,1-2H3. The highest BCUT2D eigenvalue weighted by atomic mass is 16.3. The van der Waals surface area contributed by atoms with Gasteiger partial charge in [0, 0.05) is 25.5 Å². The molecule has 3 heteroatoms. The monoisotopic (exact) mass is 224 g/mol. The van der Waals surface area contributed by atoms with Crippen molar-refractivity contribution >= 4 is 0 Å². The normalized spacial score (nSPS) is 13.2. The Morgan fingerprint density at radius 2 is 2.25 bits per heavy atom. The van der Waals surface area contributed by atoms with Gasteiger partial charge in [0.25, 0.3) is 0 Å². The first-order chi connectivity index (χ1) is 7.72. The highest BCUT2D eigenvalue weighted by Gasteiger charge is 2.09. The molecule has 1 atom stereocenters. The maximum atomic E-state index is 9.00. The lowest BCUT2D eigenvalue weighted by atomic mass is 9.94. The number of rotatable bonds is 8. The van der Waals surface area contributed by atoms with Gasteiger partial charge in [-0.2, -0.15) is 0 Å². The second kappa shape index (κ2) is 7.47. The second-order valence-electron chi connectivity index (χ2n) is 4.86. The van der Waals surface area contributed by atoms with Gasteiger partial charge in [-0.3, -0.25) is 0 Å². The minimum atomic E-state index is 0.295. The van der Waals surface area contributed by atoms with E-state index in [4.69, 9.17) is 5.11 Å². The van der Waals surface area contributed by atoms with Gasteiger partial charge in [0.1, 0.15) is 0 Å². The fourth-order valence-electron chi connectivity index (χ4n) is 2.04. The third-order valence-electron chi connectivity index (χ3n) is 2.77. The smallest absolute Gasteiger partial charge is 0.0434 e. The molecule has 0 aliphatic carbocycles. The summed E-state index contributed by atoms with van der Waals surface area (Å²) in [6.07, 6.45) is 6.03. The lowest BCUT2D eigenvalue weighted by Crippen LogP contribution is -2.24. The third kappa shape index (κ3) is 5.33. The van der Waals surface area contributed by atoms with E-state index in [9.17, 15) is 0 Å². The molecule has 0 aliphatic heterocycles. The molecule has 1 aromatic heterocycles. The molecule has 0 aromatic carbocycles. The average Bonchev–Trinajstić information content (AvgIpc) is 2.70. The topological polar surface area (TPSA) is 48.0 Å². The number of aliphatic hydroxyl groups excluding tert-OH is 1. The van der Waals surface area contributed by atoms with E-state index in [-0.39, 0.29) is 0 Å². The van der Waals surface area contributed by atoms with Crippen molar-refractivity contribution in [2.75, 3.05) is 13.2 Å². The zero-order chi connectivity index (χ0) is 11.8. The summed E-state index contributed by atoms with van der Waals surface area (Å²) in [6.45, 7) is 6.66. The van der Waals surface area contributed by atoms with Crippen molar-refractivity contribution in [1.29, 1.82) is 0 Å². The van der Waals surface area contributed by atoms with E-state index in [1.54, 1.807) is 0 Å². The van der Waals surface area contributed by atoms with Gasteiger partial charge in [-0.15, -0.1) is 0 Å². The summed E-state index contributed by atoms with van der Waals surface area (Å²) < 4.78 is 0. The van der Waals surface area contributed by atoms with Crippen LogP contribution in [0, 0.1) is 11.8 Å². The average molecular weight is 224 g/mol. The van der Waals surface area contributed by atoms with Gasteiger partial charge >= 0.3 is 0 Å². The Morgan fingerprint density at radius 1 is 1.44 bits per heavy atom. The number of H-pyrrole nitrogens is 1. The van der Waals surface area contributed by atoms with Crippen LogP contribution < -0.4 is 5.32 Å². The van der Waals surface area contributed by atoms with E-state index in [1.165, 1.54) is 12.0 Å². The minimum Gasteiger partial charge on any atom is -0.396 e. The van der Waals surface area contributed by atoms with E-state index in [1.807, 2.05) is 12.4 Å². The fourth-order valence-corrected chi connectivity index (χ4v) is 2.04. The Bertz CT molecular complexity index is 257. The maximum absolute atomic E-state index is 9.00. The van der Waals surface area contributed by atoms with Crippen LogP contribution in [0.15, 0.2) is 18.5 Å². The van der Waals surface area contributed by atoms with Crippen LogP contribution in [0.1, 0.15) is 32.3 Å². The highest BCUT2D eigenvalue weighted by molar-refractivity contribution is 5.07. The van der Waals surface area contributed by atoms with E-state index in [0.717, 1.165) is 19.5 Å². The molecule has 3 nitrogen and oxygen atoms in total. The van der Waals surface area contributed by atoms with Crippen LogP contribution in [0.5, 0.6) is 0 Å². The van der Waals surface area contributed by atoms with Crippen molar-refractivity contribution in [2.24, 2.45) is 11.8 Å². The van der Waals surface area contributed by atoms with Crippen LogP contribution in [0.2, 0.25) is 0 Å². The second-order valence-corrected chi connectivity index (χ2v) is 4.86. The van der Waals surface area contributed by atoms with E-state index in [2.05, 4.69) is 30.2 Å². The molecule has 0 amide bonds. The minimum absolute atomic E-state index is 0.295. The van der Waals surface area contributed by atoms with Crippen molar-refractivity contribution in [2.45, 2.75) is 33.2 Å². The molecular formula is C13H24N2O. The highest BCUT2D eigenvalue weighted by Crippen LogP contribution is 2.14. The summed E-state index contributed by atoms with van der Waals surface area (Å²) in [4.78, 5) is 3.05. The molecule has 3 N–H and O–H groups in total. The van der Waals surface area contributed by atoms with E-state index < -0.39 is 0 Å². The van der Waals surface area contributed by atoms with Crippen LogP contribution in [-0.2, 0) is 6.54 Å². The van der Waals surface area contributed by atoms with E-state index in [0.29, 0.717) is 18.4 Å². The number of hydrogen-bond acceptors (Lipinski definition) is 2. The van der Waals surface area contributed by atoms with Gasteiger partial charge in [-0.1, -0.05) is 13.8 Å². The predicted molar refractivity (Wildman–Crippen MR) is 67.1 cm³/mol. The summed E-state index contributed by atoms with van der Waals surface area (Å²) in [5, 5.41) is 12.4. The van der Waals surface area contributed by atoms with Gasteiger partial charge in [0.2, 0.25) is 0 Å². The molecule has 0 radical (unpaired) electrons. The zero-order valence-electron chi connectivity index (χ0n) is 10.4. The van der Waals surface area contributed by atoms with Gasteiger partial charge < -0.3 is 15.4 Å². The van der Waals surface area contributed by atoms with Crippen molar-refractivity contribution in [3.8, 4) is 0 Å². The molecule has 0 aliphatic rings. The quantitative estimate of drug-likeness (QED) is 0.633. The molecule has 1 unspecified atom stereocenters. The maximum Gasteiger partial charge on any atom is 0.0434 e. The first-order valence-electron chi connectivity index (χ1n) is 6.15. The Hall–Kier alpha value is -0.800. The van der Waals surface area contributed by atoms with Gasteiger partial charge in [-0.05, 0) is 42.9 Å². The molecule has 1 rings (SSSR count). The largest absolute Gasteiger partial charge is 0.396 e. The number of hydrogen-bond donors (Lipinski definition) is 3. The molecule has 0 bridgehead atoms. The Morgan fingerprint density at radius 3 is 2.81 bits per heavy atom. The number of aromatic nitrogens is 1. The fraction of sp³-hybridized carbons (Fsp3) is 0.692. The molecule has 1 aromatic rings. The predicted octanol–water partition coefficient (Wildman–Crippen LogP) is 2.15. The van der Waals surface area contributed by atoms with Crippen molar-refractivity contribution in [3.05, 3.63) is 24.0 Å². The lowest BCUT2D eigenvalue weighted by molar-refractivity contribution is 0.239. The summed E-state index contributed by atoms with van der Waals surface area (Å²) in [5.41, 5.74) is 1.28. The van der Waals surface area contributed by atoms with Crippen LogP contribution in [0.25, 0.3) is 0 Å². The SMILES string of the molecule is CC(C)CC(CCO)CNCc1cc[nH]c1. The van der Waals surface area contributed by atoms with Crippen molar-refractivity contribution in [3.63, 3.8) is 0 Å². The van der Waals surface area contributed by atoms with Gasteiger partial charge in [-0.25, -0.2) is 0 Å². The number of aliphatic hydroxyl groups is 1. The molecule has 16 heavy (non-hydrogen) atoms. The number of aromatic amines is 1. The Labute approximate surface area is 98.3 Å². The van der Waals surface area contributed by atoms with Crippen LogP contribution in [0.4, 0.5) is 0 Å². The molecule has 0 saturated carbocycles. The van der Waals surface area contributed by atoms with Gasteiger partial charge in [0.15, 0.2) is 0 Å². The summed E-state index contributed by atoms with van der Waals surface area (Å²) in [6, 6.07) is 2.08. The number of nitrogens with one attached hydrogen (secondary N) is 2. The van der Waals surface area contributed by atoms with Crippen molar-refractivity contribution < 1.29 is 5.11 Å². The van der Waals surface area contributed by atoms with Crippen molar-refractivity contribution in [1.82, 2.24) is 10.3 Å². The van der Waals surface area contributed by atoms with Crippen LogP contribution in [-0.4, -0.2) is 23.2 Å². The lowest BCUT2D eigenvalue weighted by Gasteiger charge is -2.18.